The van der Waals surface area contributed by atoms with E-state index in [4.69, 9.17) is 4.74 Å². The van der Waals surface area contributed by atoms with Gasteiger partial charge in [0, 0.05) is 12.1 Å². The Morgan fingerprint density at radius 1 is 1.00 bits per heavy atom. The van der Waals surface area contributed by atoms with E-state index in [1.54, 1.807) is 18.3 Å². The minimum absolute atomic E-state index is 0.0252. The Labute approximate surface area is 175 Å². The van der Waals surface area contributed by atoms with Crippen molar-refractivity contribution in [3.8, 4) is 11.1 Å². The summed E-state index contributed by atoms with van der Waals surface area (Å²) in [4.78, 5) is 28.4. The Kier molecular flexibility index (Phi) is 4.44. The van der Waals surface area contributed by atoms with Crippen LogP contribution in [0.1, 0.15) is 26.7 Å². The van der Waals surface area contributed by atoms with Crippen LogP contribution >= 0.6 is 11.3 Å². The first-order chi connectivity index (χ1) is 14.6. The number of rotatable bonds is 4. The molecule has 2 N–H and O–H groups in total. The molecule has 2 aromatic heterocycles. The van der Waals surface area contributed by atoms with Crippen molar-refractivity contribution >= 4 is 39.3 Å². The maximum Gasteiger partial charge on any atom is 0.411 e. The Balaban J connectivity index is 1.39. The summed E-state index contributed by atoms with van der Waals surface area (Å²) < 4.78 is 6.21. The van der Waals surface area contributed by atoms with Crippen molar-refractivity contribution in [2.24, 2.45) is 0 Å². The third-order valence-corrected chi connectivity index (χ3v) is 6.34. The number of ether oxygens (including phenoxy) is 1. The lowest BCUT2D eigenvalue weighted by Gasteiger charge is -2.14. The summed E-state index contributed by atoms with van der Waals surface area (Å²) in [6, 6.07) is 19.6. The van der Waals surface area contributed by atoms with E-state index >= 15 is 0 Å². The van der Waals surface area contributed by atoms with Crippen molar-refractivity contribution in [1.82, 2.24) is 4.98 Å². The molecule has 0 aliphatic heterocycles. The fourth-order valence-corrected chi connectivity index (χ4v) is 4.89. The number of fused-ring (bicyclic) bond motifs is 4. The molecule has 6 nitrogen and oxygen atoms in total. The maximum absolute atomic E-state index is 12.6. The fourth-order valence-electron chi connectivity index (χ4n) is 3.93. The molecule has 7 heteroatoms. The number of aromatic nitrogens is 1. The molecular formula is C23H16N2O4S. The minimum atomic E-state index is -1.12. The van der Waals surface area contributed by atoms with Crippen LogP contribution in [0, 0.1) is 0 Å². The molecule has 0 unspecified atom stereocenters. The minimum Gasteiger partial charge on any atom is -0.477 e. The van der Waals surface area contributed by atoms with Crippen LogP contribution in [-0.4, -0.2) is 28.8 Å². The van der Waals surface area contributed by atoms with E-state index in [9.17, 15) is 14.7 Å². The number of aromatic carboxylic acids is 1. The van der Waals surface area contributed by atoms with Gasteiger partial charge in [0.25, 0.3) is 0 Å². The molecule has 5 rings (SSSR count). The van der Waals surface area contributed by atoms with Gasteiger partial charge in [-0.15, -0.1) is 11.3 Å². The Morgan fingerprint density at radius 2 is 1.67 bits per heavy atom. The van der Waals surface area contributed by atoms with E-state index in [2.05, 4.69) is 22.4 Å². The van der Waals surface area contributed by atoms with Gasteiger partial charge in [-0.05, 0) is 34.4 Å². The van der Waals surface area contributed by atoms with Crippen molar-refractivity contribution in [2.45, 2.75) is 5.92 Å². The summed E-state index contributed by atoms with van der Waals surface area (Å²) in [5.41, 5.74) is 5.11. The highest BCUT2D eigenvalue weighted by Gasteiger charge is 2.29. The highest BCUT2D eigenvalue weighted by atomic mass is 32.1. The van der Waals surface area contributed by atoms with Crippen LogP contribution < -0.4 is 5.32 Å². The number of pyridine rings is 1. The zero-order chi connectivity index (χ0) is 20.7. The number of hydrogen-bond acceptors (Lipinski definition) is 5. The molecule has 148 valence electrons. The van der Waals surface area contributed by atoms with Gasteiger partial charge in [-0.3, -0.25) is 10.3 Å². The molecule has 0 radical (unpaired) electrons. The molecule has 1 aliphatic carbocycles. The molecule has 30 heavy (non-hydrogen) atoms. The molecule has 2 heterocycles. The quantitative estimate of drug-likeness (QED) is 0.468. The number of amides is 1. The van der Waals surface area contributed by atoms with Crippen LogP contribution in [0.15, 0.2) is 66.9 Å². The Hall–Kier alpha value is -3.71. The lowest BCUT2D eigenvalue weighted by Crippen LogP contribution is -2.19. The second-order valence-corrected chi connectivity index (χ2v) is 7.96. The van der Waals surface area contributed by atoms with Gasteiger partial charge < -0.3 is 9.84 Å². The van der Waals surface area contributed by atoms with Crippen LogP contribution in [-0.2, 0) is 4.74 Å². The monoisotopic (exact) mass is 416 g/mol. The van der Waals surface area contributed by atoms with Crippen molar-refractivity contribution in [1.29, 1.82) is 0 Å². The Bertz CT molecular complexity index is 1250. The number of carbonyl (C=O) groups excluding carboxylic acids is 1. The molecule has 0 atom stereocenters. The van der Waals surface area contributed by atoms with Gasteiger partial charge in [-0.25, -0.2) is 9.59 Å². The van der Waals surface area contributed by atoms with Crippen molar-refractivity contribution in [2.75, 3.05) is 11.9 Å². The molecule has 0 spiro atoms. The van der Waals surface area contributed by atoms with Crippen molar-refractivity contribution < 1.29 is 19.4 Å². The van der Waals surface area contributed by atoms with Crippen LogP contribution in [0.4, 0.5) is 10.5 Å². The van der Waals surface area contributed by atoms with Crippen molar-refractivity contribution in [3.63, 3.8) is 0 Å². The summed E-state index contributed by atoms with van der Waals surface area (Å²) in [6.07, 6.45) is 0.855. The summed E-state index contributed by atoms with van der Waals surface area (Å²) in [5, 5.41) is 12.1. The lowest BCUT2D eigenvalue weighted by atomic mass is 9.98. The number of carboxylic acid groups (broad SMARTS) is 1. The number of anilines is 1. The lowest BCUT2D eigenvalue weighted by molar-refractivity contribution is 0.0703. The summed E-state index contributed by atoms with van der Waals surface area (Å²) in [7, 11) is 0. The molecule has 0 fully saturated rings. The van der Waals surface area contributed by atoms with E-state index in [0.29, 0.717) is 10.2 Å². The fraction of sp³-hybridized carbons (Fsp3) is 0.0870. The summed E-state index contributed by atoms with van der Waals surface area (Å²) in [5.74, 6) is -1.19. The average Bonchev–Trinajstić information content (AvgIpc) is 3.29. The zero-order valence-corrected chi connectivity index (χ0v) is 16.5. The van der Waals surface area contributed by atoms with E-state index in [1.807, 2.05) is 36.4 Å². The van der Waals surface area contributed by atoms with E-state index < -0.39 is 12.1 Å². The van der Waals surface area contributed by atoms with E-state index in [0.717, 1.165) is 33.6 Å². The van der Waals surface area contributed by atoms with Gasteiger partial charge in [-0.2, -0.15) is 0 Å². The number of thiophene rings is 1. The molecule has 0 saturated heterocycles. The molecule has 0 bridgehead atoms. The topological polar surface area (TPSA) is 88.5 Å². The standard InChI is InChI=1S/C23H16N2O4S/c26-22(27)21-20(19-18(30-21)10-5-11-24-19)25-23(28)29-12-17-15-8-3-1-6-13(15)14-7-2-4-9-16(14)17/h1-11,17H,12H2,(H,25,28)(H,26,27). The van der Waals surface area contributed by atoms with Gasteiger partial charge in [0.15, 0.2) is 0 Å². The maximum atomic E-state index is 12.6. The molecule has 1 aliphatic rings. The van der Waals surface area contributed by atoms with E-state index in [1.165, 1.54) is 0 Å². The number of nitrogens with zero attached hydrogens (tertiary/aromatic N) is 1. The van der Waals surface area contributed by atoms with Gasteiger partial charge in [0.05, 0.1) is 10.4 Å². The van der Waals surface area contributed by atoms with Gasteiger partial charge in [-0.1, -0.05) is 48.5 Å². The largest absolute Gasteiger partial charge is 0.477 e. The number of benzene rings is 2. The Morgan fingerprint density at radius 3 is 2.33 bits per heavy atom. The van der Waals surface area contributed by atoms with Gasteiger partial charge in [0.1, 0.15) is 17.0 Å². The first-order valence-electron chi connectivity index (χ1n) is 9.36. The number of carboxylic acids is 1. The van der Waals surface area contributed by atoms with E-state index in [-0.39, 0.29) is 23.1 Å². The summed E-state index contributed by atoms with van der Waals surface area (Å²) >= 11 is 1.07. The third kappa shape index (κ3) is 3.00. The predicted molar refractivity (Wildman–Crippen MR) is 115 cm³/mol. The smallest absolute Gasteiger partial charge is 0.411 e. The molecular weight excluding hydrogens is 400 g/mol. The normalized spacial score (nSPS) is 12.4. The molecule has 2 aromatic carbocycles. The zero-order valence-electron chi connectivity index (χ0n) is 15.7. The number of carbonyl (C=O) groups is 2. The molecule has 0 saturated carbocycles. The van der Waals surface area contributed by atoms with Gasteiger partial charge in [0.2, 0.25) is 0 Å². The second-order valence-electron chi connectivity index (χ2n) is 6.91. The van der Waals surface area contributed by atoms with Crippen LogP contribution in [0.5, 0.6) is 0 Å². The number of nitrogens with one attached hydrogen (secondary N) is 1. The van der Waals surface area contributed by atoms with Crippen molar-refractivity contribution in [3.05, 3.63) is 82.9 Å². The first kappa shape index (κ1) is 18.3. The second kappa shape index (κ2) is 7.27. The summed E-state index contributed by atoms with van der Waals surface area (Å²) in [6.45, 7) is 0.151. The average molecular weight is 416 g/mol. The van der Waals surface area contributed by atoms with Gasteiger partial charge >= 0.3 is 12.1 Å². The van der Waals surface area contributed by atoms with Crippen LogP contribution in [0.3, 0.4) is 0 Å². The third-order valence-electron chi connectivity index (χ3n) is 5.21. The predicted octanol–water partition coefficient (Wildman–Crippen LogP) is 5.36. The molecule has 1 amide bonds. The van der Waals surface area contributed by atoms with Crippen LogP contribution in [0.25, 0.3) is 21.3 Å². The van der Waals surface area contributed by atoms with Crippen LogP contribution in [0.2, 0.25) is 0 Å². The highest BCUT2D eigenvalue weighted by molar-refractivity contribution is 7.21. The number of hydrogen-bond donors (Lipinski definition) is 2. The SMILES string of the molecule is O=C(Nc1c(C(=O)O)sc2cccnc12)OCC1c2ccccc2-c2ccccc21. The highest BCUT2D eigenvalue weighted by Crippen LogP contribution is 2.44. The first-order valence-corrected chi connectivity index (χ1v) is 10.2. The molecule has 4 aromatic rings.